The molecule has 2 amide bonds. The number of hydrogen-bond acceptors (Lipinski definition) is 10. The van der Waals surface area contributed by atoms with E-state index in [4.69, 9.17) is 33.4 Å². The molecule has 1 atom stereocenters. The molecule has 1 aromatic rings. The van der Waals surface area contributed by atoms with Gasteiger partial charge in [0.25, 0.3) is 20.3 Å². The molecule has 206 valence electrons. The molecule has 0 aliphatic carbocycles. The number of nitriles is 1. The van der Waals surface area contributed by atoms with Gasteiger partial charge in [0.1, 0.15) is 0 Å². The lowest BCUT2D eigenvalue weighted by molar-refractivity contribution is -0.108. The van der Waals surface area contributed by atoms with Gasteiger partial charge in [-0.25, -0.2) is 4.67 Å². The fourth-order valence-corrected chi connectivity index (χ4v) is 5.08. The Morgan fingerprint density at radius 2 is 1.24 bits per heavy atom. The summed E-state index contributed by atoms with van der Waals surface area (Å²) < 4.78 is 30.4. The SMILES string of the molecule is CC(C)N(C(C)C)P(OCCC#N)OCCOCCOCCOCCON1C(=O)c2ccccc2C1=O. The first kappa shape index (κ1) is 31.2. The first-order chi connectivity index (χ1) is 17.9. The summed E-state index contributed by atoms with van der Waals surface area (Å²) in [6, 6.07) is 9.19. The summed E-state index contributed by atoms with van der Waals surface area (Å²) >= 11 is 0. The first-order valence-electron chi connectivity index (χ1n) is 12.4. The minimum Gasteiger partial charge on any atom is -0.377 e. The second-order valence-electron chi connectivity index (χ2n) is 8.50. The van der Waals surface area contributed by atoms with E-state index in [0.717, 1.165) is 5.06 Å². The summed E-state index contributed by atoms with van der Waals surface area (Å²) in [5, 5.41) is 9.54. The van der Waals surface area contributed by atoms with E-state index in [-0.39, 0.29) is 25.3 Å². The highest BCUT2D eigenvalue weighted by Gasteiger charge is 2.36. The molecule has 0 bridgehead atoms. The van der Waals surface area contributed by atoms with Crippen molar-refractivity contribution < 1.29 is 37.7 Å². The van der Waals surface area contributed by atoms with Crippen molar-refractivity contribution in [1.29, 1.82) is 5.26 Å². The highest BCUT2D eigenvalue weighted by Crippen LogP contribution is 2.45. The Balaban J connectivity index is 1.48. The number of carbonyl (C=O) groups is 2. The quantitative estimate of drug-likeness (QED) is 0.138. The van der Waals surface area contributed by atoms with Crippen LogP contribution in [0.2, 0.25) is 0 Å². The lowest BCUT2D eigenvalue weighted by Gasteiger charge is -2.35. The number of ether oxygens (including phenoxy) is 3. The molecule has 1 unspecified atom stereocenters. The highest BCUT2D eigenvalue weighted by molar-refractivity contribution is 7.44. The number of carbonyl (C=O) groups excluding carboxylic acids is 2. The largest absolute Gasteiger partial charge is 0.377 e. The standard InChI is InChI=1S/C25H38N3O8P/c1-20(2)28(21(3)4)37(35-11-7-10-26)36-19-17-33-15-13-31-12-14-32-16-18-34-27-24(29)22-8-5-6-9-23(22)25(27)30/h5-6,8-9,20-21H,7,11-19H2,1-4H3. The summed E-state index contributed by atoms with van der Waals surface area (Å²) in [5.41, 5.74) is 0.682. The van der Waals surface area contributed by atoms with Crippen molar-refractivity contribution in [3.63, 3.8) is 0 Å². The Morgan fingerprint density at radius 3 is 1.73 bits per heavy atom. The van der Waals surface area contributed by atoms with Crippen molar-refractivity contribution in [2.24, 2.45) is 0 Å². The van der Waals surface area contributed by atoms with Gasteiger partial charge in [-0.05, 0) is 39.8 Å². The molecule has 0 N–H and O–H groups in total. The van der Waals surface area contributed by atoms with Gasteiger partial charge in [-0.2, -0.15) is 5.26 Å². The van der Waals surface area contributed by atoms with Gasteiger partial charge in [0.15, 0.2) is 0 Å². The van der Waals surface area contributed by atoms with Gasteiger partial charge in [-0.1, -0.05) is 12.1 Å². The zero-order chi connectivity index (χ0) is 27.0. The van der Waals surface area contributed by atoms with Crippen LogP contribution in [0.5, 0.6) is 0 Å². The molecular weight excluding hydrogens is 501 g/mol. The zero-order valence-electron chi connectivity index (χ0n) is 22.1. The van der Waals surface area contributed by atoms with E-state index in [9.17, 15) is 9.59 Å². The van der Waals surface area contributed by atoms with Gasteiger partial charge in [0.2, 0.25) is 0 Å². The lowest BCUT2D eigenvalue weighted by Crippen LogP contribution is -2.34. The number of rotatable bonds is 20. The molecule has 1 aromatic carbocycles. The van der Waals surface area contributed by atoms with E-state index in [0.29, 0.717) is 63.8 Å². The summed E-state index contributed by atoms with van der Waals surface area (Å²) in [4.78, 5) is 29.7. The minimum absolute atomic E-state index is 0.0718. The minimum atomic E-state index is -1.27. The maximum atomic E-state index is 12.2. The molecule has 11 nitrogen and oxygen atoms in total. The summed E-state index contributed by atoms with van der Waals surface area (Å²) in [7, 11) is -1.27. The Morgan fingerprint density at radius 1 is 0.784 bits per heavy atom. The average Bonchev–Trinajstić information content (AvgIpc) is 3.11. The number of benzene rings is 1. The number of nitrogens with zero attached hydrogens (tertiary/aromatic N) is 3. The number of fused-ring (bicyclic) bond motifs is 1. The number of amides is 2. The highest BCUT2D eigenvalue weighted by atomic mass is 31.2. The Labute approximate surface area is 220 Å². The monoisotopic (exact) mass is 539 g/mol. The number of hydrogen-bond donors (Lipinski definition) is 0. The molecule has 0 saturated carbocycles. The van der Waals surface area contributed by atoms with E-state index >= 15 is 0 Å². The first-order valence-corrected chi connectivity index (χ1v) is 13.6. The predicted octanol–water partition coefficient (Wildman–Crippen LogP) is 3.56. The van der Waals surface area contributed by atoms with Crippen LogP contribution in [0.1, 0.15) is 54.8 Å². The molecule has 2 rings (SSSR count). The fraction of sp³-hybridized carbons (Fsp3) is 0.640. The Bertz CT molecular complexity index is 837. The fourth-order valence-electron chi connectivity index (χ4n) is 3.50. The molecule has 12 heteroatoms. The van der Waals surface area contributed by atoms with Crippen molar-refractivity contribution in [1.82, 2.24) is 9.73 Å². The number of imide groups is 1. The van der Waals surface area contributed by atoms with E-state index in [1.54, 1.807) is 24.3 Å². The van der Waals surface area contributed by atoms with Crippen LogP contribution in [-0.2, 0) is 28.1 Å². The maximum absolute atomic E-state index is 12.2. The van der Waals surface area contributed by atoms with Gasteiger partial charge in [-0.3, -0.25) is 14.4 Å². The van der Waals surface area contributed by atoms with E-state index in [1.807, 2.05) is 0 Å². The third kappa shape index (κ3) is 10.3. The second-order valence-corrected chi connectivity index (χ2v) is 9.95. The van der Waals surface area contributed by atoms with E-state index in [1.165, 1.54) is 0 Å². The van der Waals surface area contributed by atoms with Crippen LogP contribution in [0.15, 0.2) is 24.3 Å². The van der Waals surface area contributed by atoms with Crippen molar-refractivity contribution in [2.75, 3.05) is 59.5 Å². The molecule has 1 aliphatic heterocycles. The normalized spacial score (nSPS) is 14.2. The smallest absolute Gasteiger partial charge is 0.285 e. The van der Waals surface area contributed by atoms with Crippen LogP contribution < -0.4 is 0 Å². The van der Waals surface area contributed by atoms with Crippen LogP contribution in [0.3, 0.4) is 0 Å². The van der Waals surface area contributed by atoms with Crippen molar-refractivity contribution in [3.8, 4) is 6.07 Å². The molecule has 0 spiro atoms. The summed E-state index contributed by atoms with van der Waals surface area (Å²) in [5.74, 6) is -0.927. The Hall–Kier alpha value is -2.00. The predicted molar refractivity (Wildman–Crippen MR) is 137 cm³/mol. The van der Waals surface area contributed by atoms with Crippen LogP contribution in [0.4, 0.5) is 0 Å². The van der Waals surface area contributed by atoms with Crippen LogP contribution in [0, 0.1) is 11.3 Å². The van der Waals surface area contributed by atoms with Crippen molar-refractivity contribution >= 4 is 20.3 Å². The van der Waals surface area contributed by atoms with Crippen LogP contribution in [0.25, 0.3) is 0 Å². The van der Waals surface area contributed by atoms with Crippen molar-refractivity contribution in [3.05, 3.63) is 35.4 Å². The second kappa shape index (κ2) is 17.5. The van der Waals surface area contributed by atoms with Gasteiger partial charge in [0.05, 0.1) is 83.1 Å². The molecule has 0 aromatic heterocycles. The Kier molecular flexibility index (Phi) is 14.8. The van der Waals surface area contributed by atoms with Crippen LogP contribution >= 0.6 is 8.53 Å². The van der Waals surface area contributed by atoms with Gasteiger partial charge >= 0.3 is 0 Å². The lowest BCUT2D eigenvalue weighted by atomic mass is 10.1. The number of hydroxylamine groups is 2. The topological polar surface area (TPSA) is 120 Å². The van der Waals surface area contributed by atoms with E-state index in [2.05, 4.69) is 38.4 Å². The summed E-state index contributed by atoms with van der Waals surface area (Å²) in [6.07, 6.45) is 0.323. The molecule has 1 aliphatic rings. The molecule has 0 radical (unpaired) electrons. The average molecular weight is 540 g/mol. The third-order valence-corrected chi connectivity index (χ3v) is 7.15. The van der Waals surface area contributed by atoms with Gasteiger partial charge in [-0.15, -0.1) is 5.06 Å². The third-order valence-electron chi connectivity index (χ3n) is 5.04. The van der Waals surface area contributed by atoms with Crippen LogP contribution in [-0.4, -0.2) is 93.1 Å². The molecule has 1 heterocycles. The molecular formula is C25H38N3O8P. The van der Waals surface area contributed by atoms with Gasteiger partial charge in [0, 0.05) is 12.1 Å². The zero-order valence-corrected chi connectivity index (χ0v) is 23.0. The van der Waals surface area contributed by atoms with Gasteiger partial charge < -0.3 is 23.3 Å². The summed E-state index contributed by atoms with van der Waals surface area (Å²) in [6.45, 7) is 11.3. The molecule has 0 saturated heterocycles. The molecule has 0 fully saturated rings. The maximum Gasteiger partial charge on any atom is 0.285 e. The molecule has 37 heavy (non-hydrogen) atoms. The van der Waals surface area contributed by atoms with E-state index < -0.39 is 20.3 Å². The van der Waals surface area contributed by atoms with Crippen molar-refractivity contribution in [2.45, 2.75) is 46.2 Å².